The number of imidazole rings is 1. The van der Waals surface area contributed by atoms with E-state index in [1.807, 2.05) is 48.8 Å². The molecule has 3 nitrogen and oxygen atoms in total. The smallest absolute Gasteiger partial charge is 0.0958 e. The Labute approximate surface area is 116 Å². The third-order valence-electron chi connectivity index (χ3n) is 3.07. The topological polar surface area (TPSA) is 29.9 Å². The highest BCUT2D eigenvalue weighted by atomic mass is 35.5. The summed E-state index contributed by atoms with van der Waals surface area (Å²) in [6, 6.07) is 15.9. The van der Waals surface area contributed by atoms with Crippen LogP contribution in [0.1, 0.15) is 0 Å². The quantitative estimate of drug-likeness (QED) is 0.782. The molecule has 19 heavy (non-hydrogen) atoms. The molecule has 0 aliphatic carbocycles. The summed E-state index contributed by atoms with van der Waals surface area (Å²) < 4.78 is 2.14. The van der Waals surface area contributed by atoms with Gasteiger partial charge in [0.2, 0.25) is 0 Å². The predicted octanol–water partition coefficient (Wildman–Crippen LogP) is 3.80. The molecule has 0 fully saturated rings. The number of halogens is 1. The Hall–Kier alpha value is -2.00. The van der Waals surface area contributed by atoms with E-state index in [-0.39, 0.29) is 0 Å². The molecule has 96 valence electrons. The number of nitrogens with zero attached hydrogens (tertiary/aromatic N) is 2. The van der Waals surface area contributed by atoms with E-state index < -0.39 is 0 Å². The fraction of sp³-hybridized carbons (Fsp3) is 0.133. The van der Waals surface area contributed by atoms with Crippen LogP contribution in [0.2, 0.25) is 5.02 Å². The first-order valence-corrected chi connectivity index (χ1v) is 6.61. The summed E-state index contributed by atoms with van der Waals surface area (Å²) in [6.07, 6.45) is 1.87. The van der Waals surface area contributed by atoms with Crippen LogP contribution < -0.4 is 5.32 Å². The normalized spacial score (nSPS) is 10.8. The molecule has 1 N–H and O–H groups in total. The molecule has 0 amide bonds. The fourth-order valence-corrected chi connectivity index (χ4v) is 2.31. The average molecular weight is 272 g/mol. The van der Waals surface area contributed by atoms with Crippen molar-refractivity contribution >= 4 is 28.3 Å². The molecular formula is C15H14ClN3. The zero-order valence-electron chi connectivity index (χ0n) is 10.4. The van der Waals surface area contributed by atoms with Crippen LogP contribution in [-0.4, -0.2) is 16.1 Å². The van der Waals surface area contributed by atoms with Crippen molar-refractivity contribution in [3.05, 3.63) is 59.9 Å². The minimum atomic E-state index is 0.748. The van der Waals surface area contributed by atoms with Gasteiger partial charge in [-0.2, -0.15) is 0 Å². The maximum absolute atomic E-state index is 6.10. The van der Waals surface area contributed by atoms with E-state index in [1.165, 1.54) is 0 Å². The van der Waals surface area contributed by atoms with E-state index in [2.05, 4.69) is 20.9 Å². The Kier molecular flexibility index (Phi) is 3.38. The lowest BCUT2D eigenvalue weighted by atomic mass is 10.3. The summed E-state index contributed by atoms with van der Waals surface area (Å²) in [5.74, 6) is 0. The van der Waals surface area contributed by atoms with Crippen molar-refractivity contribution in [2.45, 2.75) is 6.54 Å². The van der Waals surface area contributed by atoms with Gasteiger partial charge in [-0.25, -0.2) is 4.98 Å². The molecule has 1 heterocycles. The van der Waals surface area contributed by atoms with Gasteiger partial charge in [-0.3, -0.25) is 0 Å². The van der Waals surface area contributed by atoms with Crippen LogP contribution in [0.3, 0.4) is 0 Å². The van der Waals surface area contributed by atoms with Crippen molar-refractivity contribution in [3.8, 4) is 0 Å². The van der Waals surface area contributed by atoms with Gasteiger partial charge < -0.3 is 9.88 Å². The van der Waals surface area contributed by atoms with Crippen LogP contribution in [0.25, 0.3) is 11.0 Å². The third kappa shape index (κ3) is 2.56. The van der Waals surface area contributed by atoms with E-state index >= 15 is 0 Å². The Morgan fingerprint density at radius 1 is 1.05 bits per heavy atom. The highest BCUT2D eigenvalue weighted by Crippen LogP contribution is 2.20. The summed E-state index contributed by atoms with van der Waals surface area (Å²) >= 11 is 6.10. The first-order valence-electron chi connectivity index (χ1n) is 6.23. The second kappa shape index (κ2) is 5.33. The lowest BCUT2D eigenvalue weighted by molar-refractivity contribution is 0.749. The van der Waals surface area contributed by atoms with Gasteiger partial charge in [0.1, 0.15) is 0 Å². The molecule has 0 atom stereocenters. The van der Waals surface area contributed by atoms with Crippen LogP contribution in [0.15, 0.2) is 54.9 Å². The van der Waals surface area contributed by atoms with Crippen LogP contribution in [0, 0.1) is 0 Å². The number of nitrogens with one attached hydrogen (secondary N) is 1. The second-order valence-electron chi connectivity index (χ2n) is 4.33. The monoisotopic (exact) mass is 271 g/mol. The molecule has 1 aromatic heterocycles. The predicted molar refractivity (Wildman–Crippen MR) is 79.7 cm³/mol. The highest BCUT2D eigenvalue weighted by molar-refractivity contribution is 6.33. The SMILES string of the molecule is Clc1ccccc1NCCn1cnc2ccccc21. The van der Waals surface area contributed by atoms with Gasteiger partial charge in [0.05, 0.1) is 28.1 Å². The lowest BCUT2D eigenvalue weighted by Crippen LogP contribution is -2.09. The van der Waals surface area contributed by atoms with Gasteiger partial charge in [-0.1, -0.05) is 35.9 Å². The van der Waals surface area contributed by atoms with Crippen molar-refractivity contribution in [2.24, 2.45) is 0 Å². The molecule has 0 saturated heterocycles. The molecule has 2 aromatic carbocycles. The molecule has 0 aliphatic rings. The molecule has 0 aliphatic heterocycles. The molecule has 3 rings (SSSR count). The Morgan fingerprint density at radius 2 is 1.84 bits per heavy atom. The van der Waals surface area contributed by atoms with Crippen molar-refractivity contribution in [1.82, 2.24) is 9.55 Å². The van der Waals surface area contributed by atoms with Gasteiger partial charge in [0.25, 0.3) is 0 Å². The number of rotatable bonds is 4. The molecule has 3 aromatic rings. The lowest BCUT2D eigenvalue weighted by Gasteiger charge is -2.09. The number of hydrogen-bond donors (Lipinski definition) is 1. The van der Waals surface area contributed by atoms with Crippen molar-refractivity contribution < 1.29 is 0 Å². The van der Waals surface area contributed by atoms with Gasteiger partial charge in [0, 0.05) is 13.1 Å². The van der Waals surface area contributed by atoms with Crippen LogP contribution in [0.5, 0.6) is 0 Å². The largest absolute Gasteiger partial charge is 0.382 e. The maximum atomic E-state index is 6.10. The first kappa shape index (κ1) is 12.1. The van der Waals surface area contributed by atoms with Crippen molar-refractivity contribution in [1.29, 1.82) is 0 Å². The fourth-order valence-electron chi connectivity index (χ4n) is 2.10. The number of fused-ring (bicyclic) bond motifs is 1. The zero-order valence-corrected chi connectivity index (χ0v) is 11.1. The van der Waals surface area contributed by atoms with Crippen LogP contribution in [-0.2, 0) is 6.54 Å². The number of benzene rings is 2. The van der Waals surface area contributed by atoms with Gasteiger partial charge >= 0.3 is 0 Å². The summed E-state index contributed by atoms with van der Waals surface area (Å²) in [5, 5.41) is 4.08. The first-order chi connectivity index (χ1) is 9.34. The number of aromatic nitrogens is 2. The zero-order chi connectivity index (χ0) is 13.1. The van der Waals surface area contributed by atoms with E-state index in [0.29, 0.717) is 0 Å². The molecule has 0 radical (unpaired) electrons. The van der Waals surface area contributed by atoms with Crippen molar-refractivity contribution in [3.63, 3.8) is 0 Å². The third-order valence-corrected chi connectivity index (χ3v) is 3.40. The molecule has 0 unspecified atom stereocenters. The van der Waals surface area contributed by atoms with Crippen molar-refractivity contribution in [2.75, 3.05) is 11.9 Å². The van der Waals surface area contributed by atoms with E-state index in [4.69, 9.17) is 11.6 Å². The molecular weight excluding hydrogens is 258 g/mol. The summed E-state index contributed by atoms with van der Waals surface area (Å²) in [6.45, 7) is 1.66. The van der Waals surface area contributed by atoms with E-state index in [1.54, 1.807) is 0 Å². The van der Waals surface area contributed by atoms with Gasteiger partial charge in [-0.05, 0) is 24.3 Å². The van der Waals surface area contributed by atoms with Gasteiger partial charge in [-0.15, -0.1) is 0 Å². The Morgan fingerprint density at radius 3 is 2.74 bits per heavy atom. The number of para-hydroxylation sites is 3. The molecule has 0 saturated carbocycles. The standard InChI is InChI=1S/C15H14ClN3/c16-12-5-1-2-6-13(12)17-9-10-19-11-18-14-7-3-4-8-15(14)19/h1-8,11,17H,9-10H2. The Bertz CT molecular complexity index is 690. The average Bonchev–Trinajstić information content (AvgIpc) is 2.85. The summed E-state index contributed by atoms with van der Waals surface area (Å²) in [5.41, 5.74) is 3.15. The second-order valence-corrected chi connectivity index (χ2v) is 4.74. The Balaban J connectivity index is 1.68. The maximum Gasteiger partial charge on any atom is 0.0958 e. The number of anilines is 1. The number of hydrogen-bond acceptors (Lipinski definition) is 2. The summed E-state index contributed by atoms with van der Waals surface area (Å²) in [4.78, 5) is 4.37. The molecule has 0 spiro atoms. The minimum Gasteiger partial charge on any atom is -0.382 e. The van der Waals surface area contributed by atoms with Crippen LogP contribution >= 0.6 is 11.6 Å². The van der Waals surface area contributed by atoms with E-state index in [0.717, 1.165) is 34.8 Å². The molecule has 0 bridgehead atoms. The minimum absolute atomic E-state index is 0.748. The van der Waals surface area contributed by atoms with E-state index in [9.17, 15) is 0 Å². The van der Waals surface area contributed by atoms with Gasteiger partial charge in [0.15, 0.2) is 0 Å². The summed E-state index contributed by atoms with van der Waals surface area (Å²) in [7, 11) is 0. The van der Waals surface area contributed by atoms with Crippen LogP contribution in [0.4, 0.5) is 5.69 Å². The highest BCUT2D eigenvalue weighted by Gasteiger charge is 2.01. The molecule has 4 heteroatoms.